The van der Waals surface area contributed by atoms with Gasteiger partial charge in [-0.25, -0.2) is 0 Å². The summed E-state index contributed by atoms with van der Waals surface area (Å²) in [6, 6.07) is 5.80. The Morgan fingerprint density at radius 1 is 1.22 bits per heavy atom. The molecular formula is C17H17N3O7. The number of hydrogen-bond donors (Lipinski definition) is 2. The van der Waals surface area contributed by atoms with Crippen molar-refractivity contribution in [3.8, 4) is 0 Å². The van der Waals surface area contributed by atoms with E-state index in [1.807, 2.05) is 0 Å². The van der Waals surface area contributed by atoms with Crippen molar-refractivity contribution in [2.45, 2.75) is 13.8 Å². The van der Waals surface area contributed by atoms with Crippen LogP contribution in [0.25, 0.3) is 0 Å². The second kappa shape index (κ2) is 8.61. The molecule has 10 nitrogen and oxygen atoms in total. The van der Waals surface area contributed by atoms with Gasteiger partial charge in [-0.3, -0.25) is 24.5 Å². The SMILES string of the molecule is Cc1ccc([N+](=O)[O-])c(NC(=O)COC(=O)CNC(=O)c2ccco2)c1C. The number of nitrogens with one attached hydrogen (secondary N) is 2. The fourth-order valence-corrected chi connectivity index (χ4v) is 2.13. The van der Waals surface area contributed by atoms with Gasteiger partial charge in [0.15, 0.2) is 12.4 Å². The number of aryl methyl sites for hydroxylation is 1. The van der Waals surface area contributed by atoms with E-state index in [1.54, 1.807) is 19.9 Å². The number of furan rings is 1. The summed E-state index contributed by atoms with van der Waals surface area (Å²) in [6.45, 7) is 2.26. The number of carbonyl (C=O) groups excluding carboxylic acids is 3. The van der Waals surface area contributed by atoms with Crippen LogP contribution in [0.15, 0.2) is 34.9 Å². The van der Waals surface area contributed by atoms with Crippen molar-refractivity contribution in [1.82, 2.24) is 5.32 Å². The monoisotopic (exact) mass is 375 g/mol. The lowest BCUT2D eigenvalue weighted by atomic mass is 10.1. The van der Waals surface area contributed by atoms with Crippen LogP contribution in [0.4, 0.5) is 11.4 Å². The highest BCUT2D eigenvalue weighted by Crippen LogP contribution is 2.30. The molecule has 0 saturated carbocycles. The lowest BCUT2D eigenvalue weighted by Crippen LogP contribution is -2.32. The summed E-state index contributed by atoms with van der Waals surface area (Å²) in [4.78, 5) is 45.7. The normalized spacial score (nSPS) is 10.1. The van der Waals surface area contributed by atoms with Gasteiger partial charge in [-0.2, -0.15) is 0 Å². The van der Waals surface area contributed by atoms with E-state index < -0.39 is 35.9 Å². The number of benzene rings is 1. The Bertz CT molecular complexity index is 875. The maximum absolute atomic E-state index is 12.0. The first kappa shape index (κ1) is 19.6. The van der Waals surface area contributed by atoms with Gasteiger partial charge >= 0.3 is 5.97 Å². The van der Waals surface area contributed by atoms with Crippen molar-refractivity contribution in [1.29, 1.82) is 0 Å². The summed E-state index contributed by atoms with van der Waals surface area (Å²) in [5.41, 5.74) is 1.08. The summed E-state index contributed by atoms with van der Waals surface area (Å²) >= 11 is 0. The molecule has 0 aliphatic carbocycles. The Balaban J connectivity index is 1.87. The minimum absolute atomic E-state index is 0.0303. The molecule has 1 aromatic heterocycles. The van der Waals surface area contributed by atoms with Crippen LogP contribution >= 0.6 is 0 Å². The third kappa shape index (κ3) is 5.14. The highest BCUT2D eigenvalue weighted by atomic mass is 16.6. The van der Waals surface area contributed by atoms with Crippen LogP contribution in [-0.4, -0.2) is 35.9 Å². The van der Waals surface area contributed by atoms with Crippen molar-refractivity contribution in [3.63, 3.8) is 0 Å². The first-order valence-electron chi connectivity index (χ1n) is 7.81. The number of carbonyl (C=O) groups is 3. The molecule has 142 valence electrons. The number of hydrogen-bond acceptors (Lipinski definition) is 7. The summed E-state index contributed by atoms with van der Waals surface area (Å²) < 4.78 is 9.61. The summed E-state index contributed by atoms with van der Waals surface area (Å²) in [5, 5.41) is 15.8. The number of nitrogens with zero attached hydrogens (tertiary/aromatic N) is 1. The van der Waals surface area contributed by atoms with Crippen LogP contribution in [0, 0.1) is 24.0 Å². The van der Waals surface area contributed by atoms with E-state index in [4.69, 9.17) is 9.15 Å². The summed E-state index contributed by atoms with van der Waals surface area (Å²) in [7, 11) is 0. The van der Waals surface area contributed by atoms with Gasteiger partial charge < -0.3 is 19.8 Å². The zero-order valence-corrected chi connectivity index (χ0v) is 14.6. The topological polar surface area (TPSA) is 141 Å². The number of ether oxygens (including phenoxy) is 1. The quantitative estimate of drug-likeness (QED) is 0.426. The molecule has 2 amide bonds. The molecule has 0 atom stereocenters. The van der Waals surface area contributed by atoms with Crippen molar-refractivity contribution < 1.29 is 28.5 Å². The molecule has 10 heteroatoms. The Morgan fingerprint density at radius 3 is 2.59 bits per heavy atom. The third-order valence-electron chi connectivity index (χ3n) is 3.68. The van der Waals surface area contributed by atoms with Crippen LogP contribution in [0.2, 0.25) is 0 Å². The molecule has 2 N–H and O–H groups in total. The first-order valence-corrected chi connectivity index (χ1v) is 7.81. The van der Waals surface area contributed by atoms with Gasteiger partial charge in [0, 0.05) is 6.07 Å². The number of amides is 2. The van der Waals surface area contributed by atoms with Crippen molar-refractivity contribution in [3.05, 3.63) is 57.5 Å². The van der Waals surface area contributed by atoms with E-state index in [0.717, 1.165) is 5.56 Å². The van der Waals surface area contributed by atoms with Gasteiger partial charge in [0.1, 0.15) is 12.2 Å². The zero-order valence-electron chi connectivity index (χ0n) is 14.6. The van der Waals surface area contributed by atoms with Crippen molar-refractivity contribution in [2.24, 2.45) is 0 Å². The molecule has 0 bridgehead atoms. The highest BCUT2D eigenvalue weighted by molar-refractivity contribution is 5.96. The average Bonchev–Trinajstić information content (AvgIpc) is 3.16. The van der Waals surface area contributed by atoms with Crippen LogP contribution < -0.4 is 10.6 Å². The standard InChI is InChI=1S/C17H17N3O7/c1-10-5-6-12(20(24)25)16(11(10)2)19-14(21)9-27-15(22)8-18-17(23)13-4-3-7-26-13/h3-7H,8-9H2,1-2H3,(H,18,23)(H,19,21). The number of esters is 1. The predicted molar refractivity (Wildman–Crippen MR) is 93.2 cm³/mol. The largest absolute Gasteiger partial charge is 0.459 e. The lowest BCUT2D eigenvalue weighted by Gasteiger charge is -2.11. The van der Waals surface area contributed by atoms with Gasteiger partial charge in [-0.05, 0) is 37.1 Å². The molecular weight excluding hydrogens is 358 g/mol. The molecule has 0 aliphatic heterocycles. The second-order valence-corrected chi connectivity index (χ2v) is 5.53. The van der Waals surface area contributed by atoms with Gasteiger partial charge in [-0.1, -0.05) is 6.07 Å². The molecule has 1 heterocycles. The van der Waals surface area contributed by atoms with E-state index in [2.05, 4.69) is 10.6 Å². The first-order chi connectivity index (χ1) is 12.8. The zero-order chi connectivity index (χ0) is 20.0. The van der Waals surface area contributed by atoms with E-state index >= 15 is 0 Å². The molecule has 0 saturated heterocycles. The molecule has 0 unspecified atom stereocenters. The smallest absolute Gasteiger partial charge is 0.325 e. The van der Waals surface area contributed by atoms with Gasteiger partial charge in [0.2, 0.25) is 0 Å². The Kier molecular flexibility index (Phi) is 6.26. The maximum atomic E-state index is 12.0. The Labute approximate surface area is 153 Å². The molecule has 0 fully saturated rings. The maximum Gasteiger partial charge on any atom is 0.325 e. The number of nitro benzene ring substituents is 1. The predicted octanol–water partition coefficient (Wildman–Crippen LogP) is 1.72. The van der Waals surface area contributed by atoms with Crippen LogP contribution in [0.1, 0.15) is 21.7 Å². The fraction of sp³-hybridized carbons (Fsp3) is 0.235. The fourth-order valence-electron chi connectivity index (χ4n) is 2.13. The molecule has 0 aliphatic rings. The number of anilines is 1. The summed E-state index contributed by atoms with van der Waals surface area (Å²) in [6.07, 6.45) is 1.31. The second-order valence-electron chi connectivity index (χ2n) is 5.53. The molecule has 27 heavy (non-hydrogen) atoms. The number of nitro groups is 1. The molecule has 1 aromatic carbocycles. The minimum atomic E-state index is -0.847. The van der Waals surface area contributed by atoms with Gasteiger partial charge in [-0.15, -0.1) is 0 Å². The van der Waals surface area contributed by atoms with Crippen molar-refractivity contribution >= 4 is 29.2 Å². The minimum Gasteiger partial charge on any atom is -0.459 e. The molecule has 0 spiro atoms. The lowest BCUT2D eigenvalue weighted by molar-refractivity contribution is -0.384. The van der Waals surface area contributed by atoms with E-state index in [-0.39, 0.29) is 17.1 Å². The molecule has 2 aromatic rings. The highest BCUT2D eigenvalue weighted by Gasteiger charge is 2.20. The average molecular weight is 375 g/mol. The van der Waals surface area contributed by atoms with E-state index in [1.165, 1.54) is 24.5 Å². The van der Waals surface area contributed by atoms with E-state index in [0.29, 0.717) is 5.56 Å². The Morgan fingerprint density at radius 2 is 1.96 bits per heavy atom. The van der Waals surface area contributed by atoms with Gasteiger partial charge in [0.05, 0.1) is 11.2 Å². The summed E-state index contributed by atoms with van der Waals surface area (Å²) in [5.74, 6) is -2.16. The van der Waals surface area contributed by atoms with Gasteiger partial charge in [0.25, 0.3) is 17.5 Å². The molecule has 0 radical (unpaired) electrons. The number of rotatable bonds is 7. The Hall–Kier alpha value is -3.69. The van der Waals surface area contributed by atoms with Crippen LogP contribution in [0.5, 0.6) is 0 Å². The third-order valence-corrected chi connectivity index (χ3v) is 3.68. The van der Waals surface area contributed by atoms with Crippen molar-refractivity contribution in [2.75, 3.05) is 18.5 Å². The van der Waals surface area contributed by atoms with Crippen LogP contribution in [-0.2, 0) is 14.3 Å². The van der Waals surface area contributed by atoms with Crippen LogP contribution in [0.3, 0.4) is 0 Å². The van der Waals surface area contributed by atoms with E-state index in [9.17, 15) is 24.5 Å². The molecule has 2 rings (SSSR count).